The molecule has 3 rings (SSSR count). The van der Waals surface area contributed by atoms with Gasteiger partial charge in [0.1, 0.15) is 5.75 Å². The Bertz CT molecular complexity index is 656. The van der Waals surface area contributed by atoms with Crippen molar-refractivity contribution in [3.8, 4) is 16.2 Å². The quantitative estimate of drug-likeness (QED) is 0.641. The Labute approximate surface area is 111 Å². The molecule has 1 heterocycles. The molecule has 0 bridgehead atoms. The molecule has 0 amide bonds. The van der Waals surface area contributed by atoms with E-state index in [-0.39, 0.29) is 0 Å². The van der Waals surface area contributed by atoms with Gasteiger partial charge in [-0.1, -0.05) is 24.3 Å². The van der Waals surface area contributed by atoms with Crippen molar-refractivity contribution in [2.24, 2.45) is 0 Å². The van der Waals surface area contributed by atoms with Gasteiger partial charge in [0.05, 0.1) is 6.61 Å². The third kappa shape index (κ3) is 2.12. The van der Waals surface area contributed by atoms with Crippen molar-refractivity contribution in [1.29, 1.82) is 0 Å². The van der Waals surface area contributed by atoms with E-state index in [0.717, 1.165) is 5.75 Å². The lowest BCUT2D eigenvalue weighted by molar-refractivity contribution is 0.341. The number of rotatable bonds is 3. The van der Waals surface area contributed by atoms with Gasteiger partial charge in [-0.05, 0) is 52.9 Å². The van der Waals surface area contributed by atoms with Gasteiger partial charge in [0.25, 0.3) is 0 Å². The van der Waals surface area contributed by atoms with E-state index in [0.29, 0.717) is 6.61 Å². The van der Waals surface area contributed by atoms with Crippen molar-refractivity contribution < 1.29 is 4.74 Å². The second-order valence-electron chi connectivity index (χ2n) is 4.13. The van der Waals surface area contributed by atoms with E-state index in [4.69, 9.17) is 4.74 Å². The lowest BCUT2D eigenvalue weighted by Crippen LogP contribution is -1.90. The summed E-state index contributed by atoms with van der Waals surface area (Å²) in [7, 11) is 0. The maximum absolute atomic E-state index is 5.55. The SMILES string of the molecule is CCOc1ccc2ccc(-c3cccs3)cc2c1. The molecule has 1 aromatic heterocycles. The lowest BCUT2D eigenvalue weighted by Gasteiger charge is -2.06. The molecule has 90 valence electrons. The van der Waals surface area contributed by atoms with Crippen molar-refractivity contribution in [1.82, 2.24) is 0 Å². The molecule has 0 radical (unpaired) electrons. The van der Waals surface area contributed by atoms with Crippen molar-refractivity contribution in [3.05, 3.63) is 53.9 Å². The zero-order chi connectivity index (χ0) is 12.4. The molecule has 0 saturated heterocycles. The molecular formula is C16H14OS. The summed E-state index contributed by atoms with van der Waals surface area (Å²) >= 11 is 1.77. The van der Waals surface area contributed by atoms with Gasteiger partial charge >= 0.3 is 0 Å². The Kier molecular flexibility index (Phi) is 3.03. The van der Waals surface area contributed by atoms with Crippen molar-refractivity contribution in [2.75, 3.05) is 6.61 Å². The van der Waals surface area contributed by atoms with Crippen LogP contribution in [-0.2, 0) is 0 Å². The van der Waals surface area contributed by atoms with Crippen LogP contribution < -0.4 is 4.74 Å². The minimum absolute atomic E-state index is 0.704. The van der Waals surface area contributed by atoms with Crippen LogP contribution in [0.15, 0.2) is 53.9 Å². The predicted molar refractivity (Wildman–Crippen MR) is 78.4 cm³/mol. The van der Waals surface area contributed by atoms with Gasteiger partial charge in [0.15, 0.2) is 0 Å². The average Bonchev–Trinajstić information content (AvgIpc) is 2.92. The summed E-state index contributed by atoms with van der Waals surface area (Å²) in [4.78, 5) is 1.30. The van der Waals surface area contributed by atoms with Crippen LogP contribution in [0.4, 0.5) is 0 Å². The van der Waals surface area contributed by atoms with E-state index in [1.807, 2.05) is 13.0 Å². The highest BCUT2D eigenvalue weighted by molar-refractivity contribution is 7.13. The van der Waals surface area contributed by atoms with Crippen LogP contribution in [0.5, 0.6) is 5.75 Å². The van der Waals surface area contributed by atoms with Gasteiger partial charge in [-0.15, -0.1) is 11.3 Å². The first-order chi connectivity index (χ1) is 8.86. The number of hydrogen-bond acceptors (Lipinski definition) is 2. The highest BCUT2D eigenvalue weighted by Gasteiger charge is 2.02. The first-order valence-electron chi connectivity index (χ1n) is 6.07. The highest BCUT2D eigenvalue weighted by Crippen LogP contribution is 2.29. The molecule has 0 unspecified atom stereocenters. The van der Waals surface area contributed by atoms with Crippen LogP contribution in [0, 0.1) is 0 Å². The Morgan fingerprint density at radius 3 is 2.67 bits per heavy atom. The van der Waals surface area contributed by atoms with E-state index >= 15 is 0 Å². The summed E-state index contributed by atoms with van der Waals surface area (Å²) in [6.07, 6.45) is 0. The summed E-state index contributed by atoms with van der Waals surface area (Å²) in [5, 5.41) is 4.58. The van der Waals surface area contributed by atoms with Gasteiger partial charge in [-0.3, -0.25) is 0 Å². The largest absolute Gasteiger partial charge is 0.494 e. The van der Waals surface area contributed by atoms with Gasteiger partial charge in [-0.25, -0.2) is 0 Å². The van der Waals surface area contributed by atoms with Crippen LogP contribution in [0.3, 0.4) is 0 Å². The molecule has 2 heteroatoms. The van der Waals surface area contributed by atoms with E-state index in [1.54, 1.807) is 11.3 Å². The molecule has 0 fully saturated rings. The topological polar surface area (TPSA) is 9.23 Å². The van der Waals surface area contributed by atoms with Gasteiger partial charge < -0.3 is 4.74 Å². The summed E-state index contributed by atoms with van der Waals surface area (Å²) < 4.78 is 5.55. The molecule has 0 aliphatic rings. The van der Waals surface area contributed by atoms with E-state index in [1.165, 1.54) is 21.2 Å². The molecule has 2 aromatic carbocycles. The third-order valence-corrected chi connectivity index (χ3v) is 3.85. The standard InChI is InChI=1S/C16H14OS/c1-2-17-15-8-7-12-5-6-13(10-14(12)11-15)16-4-3-9-18-16/h3-11H,2H2,1H3. The zero-order valence-electron chi connectivity index (χ0n) is 10.2. The molecule has 0 N–H and O–H groups in total. The number of benzene rings is 2. The Balaban J connectivity index is 2.09. The van der Waals surface area contributed by atoms with Gasteiger partial charge in [0.2, 0.25) is 0 Å². The maximum atomic E-state index is 5.55. The van der Waals surface area contributed by atoms with Crippen LogP contribution in [0.25, 0.3) is 21.2 Å². The third-order valence-electron chi connectivity index (χ3n) is 2.93. The molecule has 3 aromatic rings. The minimum atomic E-state index is 0.704. The number of hydrogen-bond donors (Lipinski definition) is 0. The van der Waals surface area contributed by atoms with Crippen LogP contribution in [0.1, 0.15) is 6.92 Å². The number of fused-ring (bicyclic) bond motifs is 1. The van der Waals surface area contributed by atoms with Gasteiger partial charge in [-0.2, -0.15) is 0 Å². The fourth-order valence-electron chi connectivity index (χ4n) is 2.08. The molecule has 1 nitrogen and oxygen atoms in total. The average molecular weight is 254 g/mol. The first-order valence-corrected chi connectivity index (χ1v) is 6.95. The summed E-state index contributed by atoms with van der Waals surface area (Å²) in [5.74, 6) is 0.938. The normalized spacial score (nSPS) is 10.7. The smallest absolute Gasteiger partial charge is 0.119 e. The van der Waals surface area contributed by atoms with Crippen LogP contribution in [-0.4, -0.2) is 6.61 Å². The fourth-order valence-corrected chi connectivity index (χ4v) is 2.80. The lowest BCUT2D eigenvalue weighted by atomic mass is 10.1. The van der Waals surface area contributed by atoms with E-state index in [9.17, 15) is 0 Å². The second kappa shape index (κ2) is 4.83. The fraction of sp³-hybridized carbons (Fsp3) is 0.125. The zero-order valence-corrected chi connectivity index (χ0v) is 11.0. The second-order valence-corrected chi connectivity index (χ2v) is 5.08. The molecule has 0 aliphatic heterocycles. The molecule has 0 aliphatic carbocycles. The molecule has 0 saturated carbocycles. The predicted octanol–water partition coefficient (Wildman–Crippen LogP) is 4.97. The highest BCUT2D eigenvalue weighted by atomic mass is 32.1. The van der Waals surface area contributed by atoms with Crippen LogP contribution >= 0.6 is 11.3 Å². The Morgan fingerprint density at radius 2 is 1.89 bits per heavy atom. The van der Waals surface area contributed by atoms with E-state index in [2.05, 4.69) is 47.8 Å². The summed E-state index contributed by atoms with van der Waals surface area (Å²) in [6.45, 7) is 2.71. The molecular weight excluding hydrogens is 240 g/mol. The summed E-state index contributed by atoms with van der Waals surface area (Å²) in [5.41, 5.74) is 1.27. The van der Waals surface area contributed by atoms with Crippen molar-refractivity contribution in [3.63, 3.8) is 0 Å². The maximum Gasteiger partial charge on any atom is 0.119 e. The summed E-state index contributed by atoms with van der Waals surface area (Å²) in [6, 6.07) is 17.0. The van der Waals surface area contributed by atoms with Crippen molar-refractivity contribution >= 4 is 22.1 Å². The Hall–Kier alpha value is -1.80. The molecule has 0 atom stereocenters. The first kappa shape index (κ1) is 11.3. The minimum Gasteiger partial charge on any atom is -0.494 e. The monoisotopic (exact) mass is 254 g/mol. The molecule has 18 heavy (non-hydrogen) atoms. The van der Waals surface area contributed by atoms with Gasteiger partial charge in [0, 0.05) is 4.88 Å². The van der Waals surface area contributed by atoms with Crippen LogP contribution in [0.2, 0.25) is 0 Å². The Morgan fingerprint density at radius 1 is 1.00 bits per heavy atom. The van der Waals surface area contributed by atoms with Crippen molar-refractivity contribution in [2.45, 2.75) is 6.92 Å². The molecule has 0 spiro atoms. The number of thiophene rings is 1. The number of ether oxygens (including phenoxy) is 1. The van der Waals surface area contributed by atoms with E-state index < -0.39 is 0 Å².